The summed E-state index contributed by atoms with van der Waals surface area (Å²) in [5.74, 6) is 0. The molecule has 0 spiro atoms. The first-order valence-corrected chi connectivity index (χ1v) is 6.92. The number of piperazine rings is 1. The molecule has 16 heavy (non-hydrogen) atoms. The Morgan fingerprint density at radius 3 is 2.56 bits per heavy atom. The third-order valence-electron chi connectivity index (χ3n) is 4.34. The highest BCUT2D eigenvalue weighted by atomic mass is 15.3. The van der Waals surface area contributed by atoms with Crippen molar-refractivity contribution < 1.29 is 0 Å². The van der Waals surface area contributed by atoms with E-state index in [0.29, 0.717) is 6.04 Å². The van der Waals surface area contributed by atoms with Crippen LogP contribution in [0.25, 0.3) is 0 Å². The number of likely N-dealkylation sites (tertiary alicyclic amines) is 1. The van der Waals surface area contributed by atoms with Crippen molar-refractivity contribution in [2.45, 2.75) is 51.2 Å². The minimum Gasteiger partial charge on any atom is -0.311 e. The Morgan fingerprint density at radius 1 is 1.19 bits per heavy atom. The molecule has 0 amide bonds. The van der Waals surface area contributed by atoms with Crippen LogP contribution in [-0.2, 0) is 0 Å². The summed E-state index contributed by atoms with van der Waals surface area (Å²) in [4.78, 5) is 5.26. The molecule has 0 aliphatic carbocycles. The Morgan fingerprint density at radius 2 is 2.00 bits per heavy atom. The molecule has 3 unspecified atom stereocenters. The van der Waals surface area contributed by atoms with E-state index in [9.17, 15) is 0 Å². The van der Waals surface area contributed by atoms with Crippen LogP contribution in [0.3, 0.4) is 0 Å². The van der Waals surface area contributed by atoms with Gasteiger partial charge in [-0.25, -0.2) is 0 Å². The number of nitrogens with zero attached hydrogens (tertiary/aromatic N) is 2. The number of hydrogen-bond acceptors (Lipinski definition) is 3. The van der Waals surface area contributed by atoms with Gasteiger partial charge in [-0.3, -0.25) is 4.90 Å². The van der Waals surface area contributed by atoms with Crippen LogP contribution in [0.4, 0.5) is 0 Å². The largest absolute Gasteiger partial charge is 0.311 e. The minimum atomic E-state index is 0.716. The topological polar surface area (TPSA) is 18.5 Å². The highest BCUT2D eigenvalue weighted by molar-refractivity contribution is 4.92. The number of rotatable bonds is 3. The average molecular weight is 225 g/mol. The first-order valence-electron chi connectivity index (χ1n) is 6.92. The molecule has 3 atom stereocenters. The fraction of sp³-hybridized carbons (Fsp3) is 1.00. The van der Waals surface area contributed by atoms with Crippen molar-refractivity contribution in [3.63, 3.8) is 0 Å². The first-order chi connectivity index (χ1) is 7.74. The molecule has 2 saturated heterocycles. The van der Waals surface area contributed by atoms with Gasteiger partial charge in [-0.1, -0.05) is 13.8 Å². The molecule has 0 aromatic rings. The predicted octanol–water partition coefficient (Wildman–Crippen LogP) is 1.15. The van der Waals surface area contributed by atoms with E-state index in [4.69, 9.17) is 0 Å². The summed E-state index contributed by atoms with van der Waals surface area (Å²) in [6, 6.07) is 2.29. The van der Waals surface area contributed by atoms with E-state index in [1.54, 1.807) is 0 Å². The lowest BCUT2D eigenvalue weighted by atomic mass is 10.0. The first kappa shape index (κ1) is 12.3. The average Bonchev–Trinajstić information content (AvgIpc) is 2.75. The van der Waals surface area contributed by atoms with Gasteiger partial charge in [0.15, 0.2) is 0 Å². The lowest BCUT2D eigenvalue weighted by molar-refractivity contribution is 0.0814. The molecule has 2 heterocycles. The number of likely N-dealkylation sites (N-methyl/N-ethyl adjacent to an activating group) is 1. The molecule has 3 heteroatoms. The van der Waals surface area contributed by atoms with Gasteiger partial charge in [-0.15, -0.1) is 0 Å². The molecule has 2 aliphatic heterocycles. The van der Waals surface area contributed by atoms with Gasteiger partial charge in [0.25, 0.3) is 0 Å². The fourth-order valence-corrected chi connectivity index (χ4v) is 3.17. The van der Waals surface area contributed by atoms with Gasteiger partial charge in [0, 0.05) is 37.8 Å². The lowest BCUT2D eigenvalue weighted by Gasteiger charge is -2.43. The highest BCUT2D eigenvalue weighted by Crippen LogP contribution is 2.21. The molecule has 0 saturated carbocycles. The third kappa shape index (κ3) is 2.58. The zero-order valence-corrected chi connectivity index (χ0v) is 11.1. The van der Waals surface area contributed by atoms with E-state index in [-0.39, 0.29) is 0 Å². The smallest absolute Gasteiger partial charge is 0.0239 e. The molecular formula is C13H27N3. The lowest BCUT2D eigenvalue weighted by Crippen LogP contribution is -2.59. The van der Waals surface area contributed by atoms with Gasteiger partial charge in [0.2, 0.25) is 0 Å². The van der Waals surface area contributed by atoms with Crippen LogP contribution in [0.1, 0.15) is 33.1 Å². The monoisotopic (exact) mass is 225 g/mol. The van der Waals surface area contributed by atoms with E-state index in [2.05, 4.69) is 36.0 Å². The van der Waals surface area contributed by atoms with Crippen molar-refractivity contribution >= 4 is 0 Å². The van der Waals surface area contributed by atoms with Gasteiger partial charge in [0.1, 0.15) is 0 Å². The zero-order chi connectivity index (χ0) is 11.5. The Labute approximate surface area is 100 Å². The maximum absolute atomic E-state index is 3.68. The quantitative estimate of drug-likeness (QED) is 0.777. The molecule has 2 rings (SSSR count). The summed E-state index contributed by atoms with van der Waals surface area (Å²) in [7, 11) is 2.25. The predicted molar refractivity (Wildman–Crippen MR) is 68.8 cm³/mol. The highest BCUT2D eigenvalue weighted by Gasteiger charge is 2.33. The van der Waals surface area contributed by atoms with Crippen LogP contribution in [0.5, 0.6) is 0 Å². The van der Waals surface area contributed by atoms with Crippen molar-refractivity contribution in [2.75, 3.05) is 33.2 Å². The Bertz CT molecular complexity index is 219. The normalized spacial score (nSPS) is 38.1. The second kappa shape index (κ2) is 5.48. The van der Waals surface area contributed by atoms with Crippen LogP contribution in [-0.4, -0.2) is 61.2 Å². The summed E-state index contributed by atoms with van der Waals surface area (Å²) in [5.41, 5.74) is 0. The maximum atomic E-state index is 3.68. The molecular weight excluding hydrogens is 198 g/mol. The number of nitrogens with one attached hydrogen (secondary N) is 1. The Kier molecular flexibility index (Phi) is 4.22. The van der Waals surface area contributed by atoms with Crippen molar-refractivity contribution in [3.05, 3.63) is 0 Å². The molecule has 1 N–H and O–H groups in total. The summed E-state index contributed by atoms with van der Waals surface area (Å²) in [5, 5.41) is 3.68. The van der Waals surface area contributed by atoms with Crippen LogP contribution < -0.4 is 5.32 Å². The van der Waals surface area contributed by atoms with E-state index >= 15 is 0 Å². The molecule has 0 radical (unpaired) electrons. The Hall–Kier alpha value is -0.120. The molecule has 94 valence electrons. The SMILES string of the molecule is CCC1CN(C2CCN(C)C2)C(CC)CN1. The van der Waals surface area contributed by atoms with Crippen molar-refractivity contribution in [1.29, 1.82) is 0 Å². The van der Waals surface area contributed by atoms with Crippen LogP contribution in [0, 0.1) is 0 Å². The Balaban J connectivity index is 1.97. The van der Waals surface area contributed by atoms with Gasteiger partial charge in [-0.2, -0.15) is 0 Å². The van der Waals surface area contributed by atoms with Crippen LogP contribution in [0.15, 0.2) is 0 Å². The number of hydrogen-bond donors (Lipinski definition) is 1. The summed E-state index contributed by atoms with van der Waals surface area (Å²) >= 11 is 0. The summed E-state index contributed by atoms with van der Waals surface area (Å²) in [6.45, 7) is 9.62. The van der Waals surface area contributed by atoms with Gasteiger partial charge >= 0.3 is 0 Å². The molecule has 0 aromatic carbocycles. The van der Waals surface area contributed by atoms with Crippen molar-refractivity contribution in [2.24, 2.45) is 0 Å². The van der Waals surface area contributed by atoms with Crippen molar-refractivity contribution in [3.8, 4) is 0 Å². The van der Waals surface area contributed by atoms with E-state index in [1.807, 2.05) is 0 Å². The molecule has 2 aliphatic rings. The van der Waals surface area contributed by atoms with Gasteiger partial charge in [-0.05, 0) is 32.9 Å². The van der Waals surface area contributed by atoms with Gasteiger partial charge < -0.3 is 10.2 Å². The van der Waals surface area contributed by atoms with E-state index in [1.165, 1.54) is 45.4 Å². The fourth-order valence-electron chi connectivity index (χ4n) is 3.17. The minimum absolute atomic E-state index is 0.716. The molecule has 3 nitrogen and oxygen atoms in total. The van der Waals surface area contributed by atoms with Crippen LogP contribution >= 0.6 is 0 Å². The summed E-state index contributed by atoms with van der Waals surface area (Å²) < 4.78 is 0. The molecule has 0 aromatic heterocycles. The standard InChI is InChI=1S/C13H27N3/c1-4-11-9-16(12(5-2)8-14-11)13-6-7-15(3)10-13/h11-14H,4-10H2,1-3H3. The second-order valence-corrected chi connectivity index (χ2v) is 5.48. The maximum Gasteiger partial charge on any atom is 0.0239 e. The van der Waals surface area contributed by atoms with E-state index < -0.39 is 0 Å². The zero-order valence-electron chi connectivity index (χ0n) is 11.1. The van der Waals surface area contributed by atoms with Gasteiger partial charge in [0.05, 0.1) is 0 Å². The molecule has 2 fully saturated rings. The van der Waals surface area contributed by atoms with E-state index in [0.717, 1.165) is 12.1 Å². The second-order valence-electron chi connectivity index (χ2n) is 5.48. The van der Waals surface area contributed by atoms with Crippen LogP contribution in [0.2, 0.25) is 0 Å². The molecule has 0 bridgehead atoms. The third-order valence-corrected chi connectivity index (χ3v) is 4.34. The van der Waals surface area contributed by atoms with Crippen molar-refractivity contribution in [1.82, 2.24) is 15.1 Å². The summed E-state index contributed by atoms with van der Waals surface area (Å²) in [6.07, 6.45) is 3.91.